The van der Waals surface area contributed by atoms with Gasteiger partial charge in [-0.05, 0) is 36.4 Å². The molecule has 1 heterocycles. The summed E-state index contributed by atoms with van der Waals surface area (Å²) < 4.78 is 26.5. The number of benzene rings is 2. The lowest BCUT2D eigenvalue weighted by atomic mass is 10.2. The molecule has 3 aromatic rings. The number of hydrogen-bond donors (Lipinski definition) is 3. The summed E-state index contributed by atoms with van der Waals surface area (Å²) in [6.45, 7) is 1.42. The molecule has 142 valence electrons. The highest BCUT2D eigenvalue weighted by Crippen LogP contribution is 2.18. The van der Waals surface area contributed by atoms with E-state index in [0.29, 0.717) is 17.4 Å². The molecule has 0 unspecified atom stereocenters. The second kappa shape index (κ2) is 8.21. The molecule has 0 aliphatic carbocycles. The standard InChI is InChI=1S/C19H15F2N5O2/c1-11(27)24-14-3-5-15(6-4-14)25-19-22-9-12(10-23-19)18(28)26-17-7-2-13(20)8-16(17)21/h2-10H,1H3,(H,24,27)(H,26,28)(H,22,23,25). The van der Waals surface area contributed by atoms with Gasteiger partial charge in [-0.15, -0.1) is 0 Å². The summed E-state index contributed by atoms with van der Waals surface area (Å²) in [6, 6.07) is 9.73. The third kappa shape index (κ3) is 4.85. The average Bonchev–Trinajstić information content (AvgIpc) is 2.66. The third-order valence-electron chi connectivity index (χ3n) is 3.55. The van der Waals surface area contributed by atoms with Gasteiger partial charge in [-0.25, -0.2) is 18.7 Å². The van der Waals surface area contributed by atoms with Gasteiger partial charge in [0.25, 0.3) is 5.91 Å². The Labute approximate surface area is 158 Å². The third-order valence-corrected chi connectivity index (χ3v) is 3.55. The summed E-state index contributed by atoms with van der Waals surface area (Å²) >= 11 is 0. The van der Waals surface area contributed by atoms with Gasteiger partial charge < -0.3 is 16.0 Å². The van der Waals surface area contributed by atoms with E-state index in [1.807, 2.05) is 0 Å². The van der Waals surface area contributed by atoms with Crippen LogP contribution in [0.15, 0.2) is 54.9 Å². The van der Waals surface area contributed by atoms with Crippen LogP contribution in [0.4, 0.5) is 31.8 Å². The molecule has 2 aromatic carbocycles. The molecule has 2 amide bonds. The van der Waals surface area contributed by atoms with E-state index < -0.39 is 17.5 Å². The Morgan fingerprint density at radius 3 is 2.14 bits per heavy atom. The van der Waals surface area contributed by atoms with E-state index in [-0.39, 0.29) is 23.1 Å². The molecular formula is C19H15F2N5O2. The number of aromatic nitrogens is 2. The molecular weight excluding hydrogens is 368 g/mol. The lowest BCUT2D eigenvalue weighted by molar-refractivity contribution is -0.114. The summed E-state index contributed by atoms with van der Waals surface area (Å²) in [5.41, 5.74) is 1.29. The fourth-order valence-corrected chi connectivity index (χ4v) is 2.26. The number of nitrogens with one attached hydrogen (secondary N) is 3. The molecule has 7 nitrogen and oxygen atoms in total. The van der Waals surface area contributed by atoms with Crippen molar-refractivity contribution in [3.05, 3.63) is 72.1 Å². The predicted octanol–water partition coefficient (Wildman–Crippen LogP) is 3.71. The van der Waals surface area contributed by atoms with Gasteiger partial charge in [-0.1, -0.05) is 0 Å². The molecule has 0 radical (unpaired) electrons. The van der Waals surface area contributed by atoms with Crippen molar-refractivity contribution in [2.45, 2.75) is 6.92 Å². The highest BCUT2D eigenvalue weighted by molar-refractivity contribution is 6.04. The average molecular weight is 383 g/mol. The van der Waals surface area contributed by atoms with Crippen LogP contribution < -0.4 is 16.0 Å². The van der Waals surface area contributed by atoms with Crippen molar-refractivity contribution < 1.29 is 18.4 Å². The Hall–Kier alpha value is -3.88. The highest BCUT2D eigenvalue weighted by atomic mass is 19.1. The zero-order valence-corrected chi connectivity index (χ0v) is 14.7. The molecule has 0 saturated heterocycles. The molecule has 3 N–H and O–H groups in total. The molecule has 9 heteroatoms. The first-order valence-corrected chi connectivity index (χ1v) is 8.14. The molecule has 0 atom stereocenters. The second-order valence-electron chi connectivity index (χ2n) is 5.76. The number of halogens is 2. The van der Waals surface area contributed by atoms with Gasteiger partial charge in [-0.2, -0.15) is 0 Å². The number of carbonyl (C=O) groups is 2. The van der Waals surface area contributed by atoms with Gasteiger partial charge in [-0.3, -0.25) is 9.59 Å². The van der Waals surface area contributed by atoms with Crippen molar-refractivity contribution in [1.29, 1.82) is 0 Å². The van der Waals surface area contributed by atoms with Crippen molar-refractivity contribution in [2.24, 2.45) is 0 Å². The minimum atomic E-state index is -0.879. The van der Waals surface area contributed by atoms with Gasteiger partial charge >= 0.3 is 0 Å². The molecule has 0 aliphatic heterocycles. The minimum absolute atomic E-state index is 0.107. The van der Waals surface area contributed by atoms with Crippen molar-refractivity contribution in [3.63, 3.8) is 0 Å². The van der Waals surface area contributed by atoms with Crippen LogP contribution >= 0.6 is 0 Å². The van der Waals surface area contributed by atoms with E-state index in [0.717, 1.165) is 12.1 Å². The molecule has 0 spiro atoms. The lowest BCUT2D eigenvalue weighted by Gasteiger charge is -2.08. The molecule has 0 bridgehead atoms. The zero-order valence-electron chi connectivity index (χ0n) is 14.7. The van der Waals surface area contributed by atoms with Crippen LogP contribution in [0.3, 0.4) is 0 Å². The van der Waals surface area contributed by atoms with Gasteiger partial charge in [0.1, 0.15) is 11.6 Å². The molecule has 3 rings (SSSR count). The van der Waals surface area contributed by atoms with Crippen molar-refractivity contribution in [3.8, 4) is 0 Å². The topological polar surface area (TPSA) is 96.0 Å². The predicted molar refractivity (Wildman–Crippen MR) is 100 cm³/mol. The molecule has 28 heavy (non-hydrogen) atoms. The maximum Gasteiger partial charge on any atom is 0.258 e. The van der Waals surface area contributed by atoms with Crippen LogP contribution in [0, 0.1) is 11.6 Å². The van der Waals surface area contributed by atoms with Crippen molar-refractivity contribution in [1.82, 2.24) is 9.97 Å². The van der Waals surface area contributed by atoms with E-state index >= 15 is 0 Å². The Morgan fingerprint density at radius 1 is 0.893 bits per heavy atom. The van der Waals surface area contributed by atoms with E-state index in [4.69, 9.17) is 0 Å². The highest BCUT2D eigenvalue weighted by Gasteiger charge is 2.11. The molecule has 0 saturated carbocycles. The number of amides is 2. The van der Waals surface area contributed by atoms with Crippen molar-refractivity contribution >= 4 is 34.8 Å². The summed E-state index contributed by atoms with van der Waals surface area (Å²) in [7, 11) is 0. The molecule has 1 aromatic heterocycles. The van der Waals surface area contributed by atoms with Gasteiger partial charge in [0.15, 0.2) is 0 Å². The van der Waals surface area contributed by atoms with Crippen LogP contribution in [-0.4, -0.2) is 21.8 Å². The molecule has 0 aliphatic rings. The van der Waals surface area contributed by atoms with Gasteiger partial charge in [0.05, 0.1) is 11.3 Å². The summed E-state index contributed by atoms with van der Waals surface area (Å²) in [6.07, 6.45) is 2.55. The van der Waals surface area contributed by atoms with E-state index in [9.17, 15) is 18.4 Å². The lowest BCUT2D eigenvalue weighted by Crippen LogP contribution is -2.14. The van der Waals surface area contributed by atoms with Crippen LogP contribution in [-0.2, 0) is 4.79 Å². The van der Waals surface area contributed by atoms with Crippen molar-refractivity contribution in [2.75, 3.05) is 16.0 Å². The maximum absolute atomic E-state index is 13.6. The second-order valence-corrected chi connectivity index (χ2v) is 5.76. The van der Waals surface area contributed by atoms with Crippen LogP contribution in [0.2, 0.25) is 0 Å². The van der Waals surface area contributed by atoms with E-state index in [1.54, 1.807) is 24.3 Å². The van der Waals surface area contributed by atoms with Gasteiger partial charge in [0, 0.05) is 36.8 Å². The summed E-state index contributed by atoms with van der Waals surface area (Å²) in [5, 5.41) is 7.93. The van der Waals surface area contributed by atoms with Gasteiger partial charge in [0.2, 0.25) is 11.9 Å². The number of hydrogen-bond acceptors (Lipinski definition) is 5. The fourth-order valence-electron chi connectivity index (χ4n) is 2.26. The Kier molecular flexibility index (Phi) is 5.54. The number of carbonyl (C=O) groups excluding carboxylic acids is 2. The fraction of sp³-hybridized carbons (Fsp3) is 0.0526. The Morgan fingerprint density at radius 2 is 1.54 bits per heavy atom. The summed E-state index contributed by atoms with van der Waals surface area (Å²) in [4.78, 5) is 31.2. The first-order valence-electron chi connectivity index (χ1n) is 8.14. The zero-order chi connectivity index (χ0) is 20.1. The van der Waals surface area contributed by atoms with Crippen LogP contribution in [0.1, 0.15) is 17.3 Å². The SMILES string of the molecule is CC(=O)Nc1ccc(Nc2ncc(C(=O)Nc3ccc(F)cc3F)cn2)cc1. The largest absolute Gasteiger partial charge is 0.326 e. The normalized spacial score (nSPS) is 10.2. The monoisotopic (exact) mass is 383 g/mol. The quantitative estimate of drug-likeness (QED) is 0.624. The number of anilines is 4. The smallest absolute Gasteiger partial charge is 0.258 e. The Balaban J connectivity index is 1.64. The first-order chi connectivity index (χ1) is 13.4. The minimum Gasteiger partial charge on any atom is -0.326 e. The maximum atomic E-state index is 13.6. The first kappa shape index (κ1) is 18.9. The number of nitrogens with zero attached hydrogens (tertiary/aromatic N) is 2. The summed E-state index contributed by atoms with van der Waals surface area (Å²) in [5.74, 6) is -2.17. The van der Waals surface area contributed by atoms with Crippen LogP contribution in [0.25, 0.3) is 0 Å². The number of rotatable bonds is 5. The van der Waals surface area contributed by atoms with E-state index in [1.165, 1.54) is 19.3 Å². The molecule has 0 fully saturated rings. The van der Waals surface area contributed by atoms with E-state index in [2.05, 4.69) is 25.9 Å². The Bertz CT molecular complexity index is 1010. The van der Waals surface area contributed by atoms with Crippen LogP contribution in [0.5, 0.6) is 0 Å².